The van der Waals surface area contributed by atoms with Crippen molar-refractivity contribution in [1.29, 1.82) is 0 Å². The molecule has 9 heteroatoms. The second-order valence-corrected chi connectivity index (χ2v) is 7.45. The summed E-state index contributed by atoms with van der Waals surface area (Å²) in [4.78, 5) is 19.8. The van der Waals surface area contributed by atoms with E-state index in [0.29, 0.717) is 31.9 Å². The monoisotopic (exact) mass is 373 g/mol. The molecule has 2 aliphatic rings. The molecule has 6 nitrogen and oxygen atoms in total. The lowest BCUT2D eigenvalue weighted by Gasteiger charge is -2.41. The topological polar surface area (TPSA) is 54.9 Å². The van der Waals surface area contributed by atoms with Gasteiger partial charge in [0.05, 0.1) is 18.2 Å². The van der Waals surface area contributed by atoms with Gasteiger partial charge in [0.2, 0.25) is 0 Å². The van der Waals surface area contributed by atoms with Crippen molar-refractivity contribution in [2.24, 2.45) is 0 Å². The molecule has 3 rings (SSSR count). The molecule has 1 aromatic rings. The first-order valence-electron chi connectivity index (χ1n) is 8.49. The fourth-order valence-electron chi connectivity index (χ4n) is 3.09. The summed E-state index contributed by atoms with van der Waals surface area (Å²) in [6.45, 7) is 6.96. The number of anilines is 1. The van der Waals surface area contributed by atoms with Crippen molar-refractivity contribution in [1.82, 2.24) is 9.88 Å². The Balaban J connectivity index is 1.78. The first kappa shape index (κ1) is 18.6. The van der Waals surface area contributed by atoms with Gasteiger partial charge in [-0.25, -0.2) is 9.78 Å². The molecule has 0 aromatic carbocycles. The quantitative estimate of drug-likeness (QED) is 0.698. The van der Waals surface area contributed by atoms with Crippen molar-refractivity contribution >= 4 is 11.9 Å². The van der Waals surface area contributed by atoms with E-state index in [2.05, 4.69) is 4.98 Å². The van der Waals surface area contributed by atoms with Crippen LogP contribution in [0.1, 0.15) is 32.8 Å². The highest BCUT2D eigenvalue weighted by molar-refractivity contribution is 5.69. The lowest BCUT2D eigenvalue weighted by molar-refractivity contribution is -0.137. The molecule has 1 saturated heterocycles. The van der Waals surface area contributed by atoms with Gasteiger partial charge in [0.1, 0.15) is 5.60 Å². The number of carbonyl (C=O) groups excluding carboxylic acids is 1. The summed E-state index contributed by atoms with van der Waals surface area (Å²) in [5.74, 6) is 0.525. The van der Waals surface area contributed by atoms with Gasteiger partial charge in [-0.2, -0.15) is 13.2 Å². The number of ether oxygens (including phenoxy) is 2. The maximum absolute atomic E-state index is 12.9. The van der Waals surface area contributed by atoms with Crippen molar-refractivity contribution in [3.8, 4) is 5.75 Å². The van der Waals surface area contributed by atoms with Gasteiger partial charge < -0.3 is 19.3 Å². The van der Waals surface area contributed by atoms with E-state index in [0.717, 1.165) is 12.3 Å². The number of hydrogen-bond donors (Lipinski definition) is 0. The van der Waals surface area contributed by atoms with Gasteiger partial charge in [-0.15, -0.1) is 0 Å². The van der Waals surface area contributed by atoms with Gasteiger partial charge >= 0.3 is 12.3 Å². The van der Waals surface area contributed by atoms with E-state index in [1.165, 1.54) is 0 Å². The van der Waals surface area contributed by atoms with Gasteiger partial charge in [-0.05, 0) is 26.8 Å². The number of hydrogen-bond acceptors (Lipinski definition) is 5. The van der Waals surface area contributed by atoms with Crippen molar-refractivity contribution in [3.63, 3.8) is 0 Å². The van der Waals surface area contributed by atoms with Crippen molar-refractivity contribution in [2.75, 3.05) is 31.1 Å². The van der Waals surface area contributed by atoms with E-state index in [1.807, 2.05) is 4.90 Å². The van der Waals surface area contributed by atoms with Crippen LogP contribution >= 0.6 is 0 Å². The van der Waals surface area contributed by atoms with Crippen LogP contribution in [-0.2, 0) is 10.9 Å². The zero-order valence-corrected chi connectivity index (χ0v) is 15.0. The van der Waals surface area contributed by atoms with Crippen LogP contribution in [0.5, 0.6) is 5.75 Å². The molecule has 1 aromatic heterocycles. The first-order chi connectivity index (χ1) is 12.0. The Hall–Kier alpha value is -2.19. The number of pyridine rings is 1. The maximum Gasteiger partial charge on any atom is 0.418 e. The van der Waals surface area contributed by atoms with Gasteiger partial charge in [0.15, 0.2) is 11.6 Å². The average molecular weight is 373 g/mol. The summed E-state index contributed by atoms with van der Waals surface area (Å²) in [7, 11) is 0. The number of amides is 1. The molecular weight excluding hydrogens is 351 g/mol. The largest absolute Gasteiger partial charge is 0.490 e. The summed E-state index contributed by atoms with van der Waals surface area (Å²) in [6, 6.07) is 0.909. The molecule has 0 radical (unpaired) electrons. The number of rotatable bonds is 0. The van der Waals surface area contributed by atoms with Crippen LogP contribution in [-0.4, -0.2) is 53.9 Å². The van der Waals surface area contributed by atoms with Crippen LogP contribution in [0.3, 0.4) is 0 Å². The highest BCUT2D eigenvalue weighted by Gasteiger charge is 2.37. The number of nitrogens with zero attached hydrogens (tertiary/aromatic N) is 3. The molecule has 0 saturated carbocycles. The van der Waals surface area contributed by atoms with Crippen molar-refractivity contribution < 1.29 is 27.4 Å². The van der Waals surface area contributed by atoms with Gasteiger partial charge in [-0.1, -0.05) is 0 Å². The molecule has 144 valence electrons. The molecule has 26 heavy (non-hydrogen) atoms. The van der Waals surface area contributed by atoms with E-state index in [4.69, 9.17) is 9.47 Å². The number of halogens is 3. The van der Waals surface area contributed by atoms with E-state index < -0.39 is 17.3 Å². The Morgan fingerprint density at radius 2 is 2.04 bits per heavy atom. The third kappa shape index (κ3) is 3.96. The zero-order valence-electron chi connectivity index (χ0n) is 15.0. The Morgan fingerprint density at radius 3 is 2.69 bits per heavy atom. The van der Waals surface area contributed by atoms with Crippen LogP contribution in [0.25, 0.3) is 0 Å². The maximum atomic E-state index is 12.9. The summed E-state index contributed by atoms with van der Waals surface area (Å²) in [5, 5.41) is 0. The predicted molar refractivity (Wildman–Crippen MR) is 88.3 cm³/mol. The Labute approximate surface area is 149 Å². The van der Waals surface area contributed by atoms with Crippen LogP contribution < -0.4 is 9.64 Å². The second kappa shape index (κ2) is 6.51. The lowest BCUT2D eigenvalue weighted by atomic mass is 10.1. The smallest absolute Gasteiger partial charge is 0.418 e. The third-order valence-electron chi connectivity index (χ3n) is 4.28. The molecule has 1 unspecified atom stereocenters. The minimum atomic E-state index is -4.47. The Kier molecular flexibility index (Phi) is 4.66. The van der Waals surface area contributed by atoms with E-state index in [9.17, 15) is 18.0 Å². The highest BCUT2D eigenvalue weighted by atomic mass is 19.4. The molecular formula is C17H22F3N3O3. The number of piperazine rings is 1. The summed E-state index contributed by atoms with van der Waals surface area (Å²) >= 11 is 0. The molecule has 3 heterocycles. The number of aromatic nitrogens is 1. The standard InChI is InChI=1S/C17H22F3N3O3/c1-16(2,3)26-15(24)22-5-6-23-12(10-22)4-7-25-13-8-11(17(18,19)20)9-21-14(13)23/h8-9,12H,4-7,10H2,1-3H3. The van der Waals surface area contributed by atoms with E-state index in [1.54, 1.807) is 25.7 Å². The van der Waals surface area contributed by atoms with Gasteiger partial charge in [0.25, 0.3) is 0 Å². The number of fused-ring (bicyclic) bond motifs is 3. The van der Waals surface area contributed by atoms with E-state index in [-0.39, 0.29) is 24.5 Å². The Morgan fingerprint density at radius 1 is 1.31 bits per heavy atom. The molecule has 1 fully saturated rings. The van der Waals surface area contributed by atoms with Crippen LogP contribution in [0.15, 0.2) is 12.3 Å². The lowest BCUT2D eigenvalue weighted by Crippen LogP contribution is -2.55. The highest BCUT2D eigenvalue weighted by Crippen LogP contribution is 2.38. The minimum absolute atomic E-state index is 0.0817. The summed E-state index contributed by atoms with van der Waals surface area (Å²) < 4.78 is 49.6. The fourth-order valence-corrected chi connectivity index (χ4v) is 3.09. The van der Waals surface area contributed by atoms with E-state index >= 15 is 0 Å². The van der Waals surface area contributed by atoms with Gasteiger partial charge in [-0.3, -0.25) is 0 Å². The third-order valence-corrected chi connectivity index (χ3v) is 4.28. The second-order valence-electron chi connectivity index (χ2n) is 7.45. The molecule has 2 aliphatic heterocycles. The molecule has 1 amide bonds. The van der Waals surface area contributed by atoms with Crippen LogP contribution in [0.2, 0.25) is 0 Å². The minimum Gasteiger partial charge on any atom is -0.490 e. The number of alkyl halides is 3. The zero-order chi connectivity index (χ0) is 19.1. The van der Waals surface area contributed by atoms with Crippen molar-refractivity contribution in [2.45, 2.75) is 45.0 Å². The molecule has 0 N–H and O–H groups in total. The molecule has 0 bridgehead atoms. The predicted octanol–water partition coefficient (Wildman–Crippen LogP) is 3.31. The average Bonchev–Trinajstić information content (AvgIpc) is 2.70. The molecule has 0 spiro atoms. The molecule has 1 atom stereocenters. The normalized spacial score (nSPS) is 20.6. The SMILES string of the molecule is CC(C)(C)OC(=O)N1CCN2c3ncc(C(F)(F)F)cc3OCCC2C1. The van der Waals surface area contributed by atoms with Crippen molar-refractivity contribution in [3.05, 3.63) is 17.8 Å². The van der Waals surface area contributed by atoms with Gasteiger partial charge in [0, 0.05) is 32.3 Å². The fraction of sp³-hybridized carbons (Fsp3) is 0.647. The number of carbonyl (C=O) groups is 1. The first-order valence-corrected chi connectivity index (χ1v) is 8.49. The Bertz CT molecular complexity index is 688. The molecule has 0 aliphatic carbocycles. The van der Waals surface area contributed by atoms with Crippen LogP contribution in [0.4, 0.5) is 23.8 Å². The van der Waals surface area contributed by atoms with Crippen LogP contribution in [0, 0.1) is 0 Å². The summed E-state index contributed by atoms with van der Waals surface area (Å²) in [5.41, 5.74) is -1.41. The summed E-state index contributed by atoms with van der Waals surface area (Å²) in [6.07, 6.45) is -3.45.